The first kappa shape index (κ1) is 17.1. The quantitative estimate of drug-likeness (QED) is 0.536. The predicted molar refractivity (Wildman–Crippen MR) is 87.4 cm³/mol. The van der Waals surface area contributed by atoms with Gasteiger partial charge >= 0.3 is 0 Å². The number of carbonyl (C=O) groups is 2. The zero-order valence-corrected chi connectivity index (χ0v) is 13.7. The van der Waals surface area contributed by atoms with Gasteiger partial charge in [0.2, 0.25) is 6.41 Å². The van der Waals surface area contributed by atoms with Crippen LogP contribution in [0.4, 0.5) is 5.82 Å². The van der Waals surface area contributed by atoms with Crippen LogP contribution < -0.4 is 10.2 Å². The molecule has 1 fully saturated rings. The molecule has 2 rings (SSSR count). The van der Waals surface area contributed by atoms with Gasteiger partial charge in [0.05, 0.1) is 0 Å². The van der Waals surface area contributed by atoms with E-state index >= 15 is 0 Å². The number of nitrogens with one attached hydrogen (secondary N) is 1. The van der Waals surface area contributed by atoms with Crippen LogP contribution in [0.15, 0.2) is 12.4 Å². The third kappa shape index (κ3) is 5.17. The van der Waals surface area contributed by atoms with E-state index in [4.69, 9.17) is 0 Å². The Morgan fingerprint density at radius 1 is 1.30 bits per heavy atom. The molecule has 1 aromatic heterocycles. The van der Waals surface area contributed by atoms with Crippen molar-refractivity contribution in [3.05, 3.63) is 18.1 Å². The van der Waals surface area contributed by atoms with Gasteiger partial charge in [0.15, 0.2) is 0 Å². The Kier molecular flexibility index (Phi) is 6.28. The van der Waals surface area contributed by atoms with Crippen molar-refractivity contribution in [1.29, 1.82) is 0 Å². The molecule has 126 valence electrons. The number of amides is 2. The Bertz CT molecular complexity index is 528. The van der Waals surface area contributed by atoms with E-state index in [0.717, 1.165) is 25.2 Å². The van der Waals surface area contributed by atoms with Gasteiger partial charge in [-0.3, -0.25) is 9.59 Å². The third-order valence-electron chi connectivity index (χ3n) is 3.74. The topological polar surface area (TPSA) is 81.7 Å². The first-order valence-electron chi connectivity index (χ1n) is 7.79. The molecule has 0 aliphatic carbocycles. The van der Waals surface area contributed by atoms with Crippen LogP contribution in [0.1, 0.15) is 16.9 Å². The highest BCUT2D eigenvalue weighted by Crippen LogP contribution is 2.13. The molecule has 1 aliphatic heterocycles. The lowest BCUT2D eigenvalue weighted by molar-refractivity contribution is -0.118. The largest absolute Gasteiger partial charge is 0.353 e. The van der Waals surface area contributed by atoms with E-state index in [0.29, 0.717) is 38.4 Å². The molecule has 1 aromatic rings. The van der Waals surface area contributed by atoms with Crippen molar-refractivity contribution in [2.75, 3.05) is 58.3 Å². The highest BCUT2D eigenvalue weighted by atomic mass is 16.2. The van der Waals surface area contributed by atoms with Crippen molar-refractivity contribution >= 4 is 18.1 Å². The predicted octanol–water partition coefficient (Wildman–Crippen LogP) is -0.563. The summed E-state index contributed by atoms with van der Waals surface area (Å²) in [5, 5.41) is 2.87. The molecule has 23 heavy (non-hydrogen) atoms. The van der Waals surface area contributed by atoms with E-state index in [-0.39, 0.29) is 5.91 Å². The van der Waals surface area contributed by atoms with Crippen LogP contribution in [-0.2, 0) is 4.79 Å². The fourth-order valence-electron chi connectivity index (χ4n) is 2.39. The molecule has 0 bridgehead atoms. The minimum absolute atomic E-state index is 0.182. The van der Waals surface area contributed by atoms with Crippen molar-refractivity contribution in [3.8, 4) is 0 Å². The van der Waals surface area contributed by atoms with E-state index in [9.17, 15) is 9.59 Å². The fraction of sp³-hybridized carbons (Fsp3) is 0.600. The van der Waals surface area contributed by atoms with Crippen molar-refractivity contribution < 1.29 is 9.59 Å². The Labute approximate surface area is 136 Å². The molecule has 0 radical (unpaired) electrons. The monoisotopic (exact) mass is 320 g/mol. The first-order chi connectivity index (χ1) is 11.1. The maximum Gasteiger partial charge on any atom is 0.270 e. The second-order valence-corrected chi connectivity index (χ2v) is 5.80. The van der Waals surface area contributed by atoms with E-state index in [1.807, 2.05) is 14.1 Å². The second kappa shape index (κ2) is 8.42. The van der Waals surface area contributed by atoms with Gasteiger partial charge in [-0.2, -0.15) is 0 Å². The molecule has 1 saturated heterocycles. The number of aromatic nitrogens is 2. The first-order valence-corrected chi connectivity index (χ1v) is 7.79. The van der Waals surface area contributed by atoms with E-state index < -0.39 is 0 Å². The molecule has 0 unspecified atom stereocenters. The summed E-state index contributed by atoms with van der Waals surface area (Å²) in [6, 6.07) is 1.71. The maximum absolute atomic E-state index is 12.1. The van der Waals surface area contributed by atoms with Gasteiger partial charge in [-0.05, 0) is 27.1 Å². The van der Waals surface area contributed by atoms with E-state index in [1.165, 1.54) is 6.33 Å². The Morgan fingerprint density at radius 3 is 2.70 bits per heavy atom. The van der Waals surface area contributed by atoms with Gasteiger partial charge in [-0.15, -0.1) is 0 Å². The molecule has 2 amide bonds. The summed E-state index contributed by atoms with van der Waals surface area (Å²) in [5.41, 5.74) is 0.373. The summed E-state index contributed by atoms with van der Waals surface area (Å²) in [7, 11) is 4.01. The van der Waals surface area contributed by atoms with Crippen LogP contribution in [0.2, 0.25) is 0 Å². The number of hydrogen-bond donors (Lipinski definition) is 1. The lowest BCUT2D eigenvalue weighted by atomic mass is 10.3. The van der Waals surface area contributed by atoms with Gasteiger partial charge in [0, 0.05) is 38.8 Å². The molecule has 0 spiro atoms. The van der Waals surface area contributed by atoms with Crippen molar-refractivity contribution in [3.63, 3.8) is 0 Å². The number of nitrogens with zero attached hydrogens (tertiary/aromatic N) is 5. The van der Waals surface area contributed by atoms with Crippen molar-refractivity contribution in [2.45, 2.75) is 6.42 Å². The average Bonchev–Trinajstić information content (AvgIpc) is 2.58. The van der Waals surface area contributed by atoms with E-state index in [1.54, 1.807) is 11.0 Å². The highest BCUT2D eigenvalue weighted by molar-refractivity contribution is 5.92. The summed E-state index contributed by atoms with van der Waals surface area (Å²) in [4.78, 5) is 37.0. The van der Waals surface area contributed by atoms with Crippen LogP contribution in [0, 0.1) is 0 Å². The number of carbonyl (C=O) groups excluding carboxylic acids is 2. The summed E-state index contributed by atoms with van der Waals surface area (Å²) in [6.07, 6.45) is 3.17. The SMILES string of the molecule is CN(C)CCCNC(=O)c1cc(N2CCN(C=O)CC2)ncn1. The van der Waals surface area contributed by atoms with E-state index in [2.05, 4.69) is 25.1 Å². The van der Waals surface area contributed by atoms with Crippen LogP contribution >= 0.6 is 0 Å². The Morgan fingerprint density at radius 2 is 2.04 bits per heavy atom. The zero-order valence-electron chi connectivity index (χ0n) is 13.7. The molecule has 0 aromatic carbocycles. The normalized spacial score (nSPS) is 14.9. The van der Waals surface area contributed by atoms with Gasteiger partial charge in [-0.25, -0.2) is 9.97 Å². The minimum Gasteiger partial charge on any atom is -0.353 e. The molecular formula is C15H24N6O2. The molecule has 8 heteroatoms. The molecule has 8 nitrogen and oxygen atoms in total. The van der Waals surface area contributed by atoms with Gasteiger partial charge in [-0.1, -0.05) is 0 Å². The number of anilines is 1. The smallest absolute Gasteiger partial charge is 0.270 e. The third-order valence-corrected chi connectivity index (χ3v) is 3.74. The number of rotatable bonds is 7. The molecule has 1 aliphatic rings. The van der Waals surface area contributed by atoms with Crippen LogP contribution in [0.3, 0.4) is 0 Å². The highest BCUT2D eigenvalue weighted by Gasteiger charge is 2.18. The summed E-state index contributed by atoms with van der Waals surface area (Å²) in [6.45, 7) is 4.29. The van der Waals surface area contributed by atoms with Crippen molar-refractivity contribution in [1.82, 2.24) is 25.1 Å². The maximum atomic E-state index is 12.1. The summed E-state index contributed by atoms with van der Waals surface area (Å²) >= 11 is 0. The minimum atomic E-state index is -0.182. The fourth-order valence-corrected chi connectivity index (χ4v) is 2.39. The van der Waals surface area contributed by atoms with Crippen LogP contribution in [-0.4, -0.2) is 85.4 Å². The molecule has 1 N–H and O–H groups in total. The summed E-state index contributed by atoms with van der Waals surface area (Å²) in [5.74, 6) is 0.544. The van der Waals surface area contributed by atoms with Gasteiger partial charge < -0.3 is 20.0 Å². The summed E-state index contributed by atoms with van der Waals surface area (Å²) < 4.78 is 0. The average molecular weight is 320 g/mol. The van der Waals surface area contributed by atoms with Crippen LogP contribution in [0.25, 0.3) is 0 Å². The molecule has 0 saturated carbocycles. The van der Waals surface area contributed by atoms with Gasteiger partial charge in [0.1, 0.15) is 17.8 Å². The van der Waals surface area contributed by atoms with Crippen LogP contribution in [0.5, 0.6) is 0 Å². The lowest BCUT2D eigenvalue weighted by Crippen LogP contribution is -2.46. The lowest BCUT2D eigenvalue weighted by Gasteiger charge is -2.33. The zero-order chi connectivity index (χ0) is 16.7. The second-order valence-electron chi connectivity index (χ2n) is 5.80. The Balaban J connectivity index is 1.89. The Hall–Kier alpha value is -2.22. The molecule has 0 atom stereocenters. The van der Waals surface area contributed by atoms with Gasteiger partial charge in [0.25, 0.3) is 5.91 Å². The van der Waals surface area contributed by atoms with Crippen molar-refractivity contribution in [2.24, 2.45) is 0 Å². The molecule has 2 heterocycles. The number of piperazine rings is 1. The molecular weight excluding hydrogens is 296 g/mol. The standard InChI is InChI=1S/C15H24N6O2/c1-19(2)5-3-4-16-15(23)13-10-14(18-11-17-13)21-8-6-20(12-22)7-9-21/h10-12H,3-9H2,1-2H3,(H,16,23). The number of hydrogen-bond acceptors (Lipinski definition) is 6.